The highest BCUT2D eigenvalue weighted by Crippen LogP contribution is 2.29. The number of hydrogen-bond donors (Lipinski definition) is 3. The Morgan fingerprint density at radius 1 is 1.12 bits per heavy atom. The number of halogens is 1. The lowest BCUT2D eigenvalue weighted by Crippen LogP contribution is -2.57. The van der Waals surface area contributed by atoms with E-state index in [0.717, 1.165) is 31.9 Å². The van der Waals surface area contributed by atoms with E-state index in [0.29, 0.717) is 6.42 Å². The second-order valence-corrected chi connectivity index (χ2v) is 13.6. The fraction of sp³-hybridized carbons (Fsp3) is 0.452. The van der Waals surface area contributed by atoms with Gasteiger partial charge in [-0.05, 0) is 64.9 Å². The number of aryl methyl sites for hydroxylation is 2. The summed E-state index contributed by atoms with van der Waals surface area (Å²) in [5.41, 5.74) is 4.94. The topological polar surface area (TPSA) is 125 Å². The number of pyridine rings is 1. The van der Waals surface area contributed by atoms with Crippen LogP contribution in [0.15, 0.2) is 52.6 Å². The SMILES string of the molecule is Cc1ncsc1-c1ccc(C(C)NC(=O)[C@@H]2C[C@@H](O)CN2C(=O)C(NC(=O)CCc2ccc(Br)cn2)C(C)(C)C)cc1. The second-order valence-electron chi connectivity index (χ2n) is 11.8. The summed E-state index contributed by atoms with van der Waals surface area (Å²) in [4.78, 5) is 51.3. The summed E-state index contributed by atoms with van der Waals surface area (Å²) in [6, 6.07) is 9.65. The maximum Gasteiger partial charge on any atom is 0.246 e. The van der Waals surface area contributed by atoms with Gasteiger partial charge in [0, 0.05) is 35.7 Å². The van der Waals surface area contributed by atoms with E-state index < -0.39 is 23.6 Å². The molecule has 3 aromatic rings. The van der Waals surface area contributed by atoms with Gasteiger partial charge in [0.2, 0.25) is 17.7 Å². The maximum absolute atomic E-state index is 13.8. The molecule has 1 aliphatic heterocycles. The Morgan fingerprint density at radius 2 is 1.83 bits per heavy atom. The lowest BCUT2D eigenvalue weighted by atomic mass is 9.85. The van der Waals surface area contributed by atoms with E-state index in [-0.39, 0.29) is 43.1 Å². The summed E-state index contributed by atoms with van der Waals surface area (Å²) in [5.74, 6) is -0.999. The summed E-state index contributed by atoms with van der Waals surface area (Å²) in [5, 5.41) is 16.4. The second kappa shape index (κ2) is 13.4. The molecule has 0 bridgehead atoms. The molecule has 4 atom stereocenters. The number of carbonyl (C=O) groups excluding carboxylic acids is 3. The van der Waals surface area contributed by atoms with Gasteiger partial charge in [0.25, 0.3) is 0 Å². The minimum atomic E-state index is -0.872. The van der Waals surface area contributed by atoms with Gasteiger partial charge in [-0.1, -0.05) is 45.0 Å². The van der Waals surface area contributed by atoms with E-state index in [9.17, 15) is 19.5 Å². The standard InChI is InChI=1S/C31H38BrN5O4S/c1-18(20-6-8-21(9-7-20)27-19(2)34-17-42-27)35-29(40)25-14-24(38)16-37(25)30(41)28(31(3,4)5)36-26(39)13-12-23-11-10-22(32)15-33-23/h6-11,15,17-18,24-25,28,38H,12-14,16H2,1-5H3,(H,35,40)(H,36,39)/t18?,24-,25+,28?/m1/s1. The Hall–Kier alpha value is -3.15. The molecular weight excluding hydrogens is 618 g/mol. The molecule has 3 amide bonds. The molecule has 1 saturated heterocycles. The van der Waals surface area contributed by atoms with Crippen LogP contribution in [0.1, 0.15) is 63.5 Å². The van der Waals surface area contributed by atoms with E-state index in [2.05, 4.69) is 36.5 Å². The van der Waals surface area contributed by atoms with Crippen molar-refractivity contribution >= 4 is 45.0 Å². The van der Waals surface area contributed by atoms with Crippen LogP contribution >= 0.6 is 27.3 Å². The van der Waals surface area contributed by atoms with Gasteiger partial charge in [-0.2, -0.15) is 0 Å². The maximum atomic E-state index is 13.8. The molecule has 42 heavy (non-hydrogen) atoms. The van der Waals surface area contributed by atoms with Crippen molar-refractivity contribution in [3.8, 4) is 10.4 Å². The van der Waals surface area contributed by atoms with Gasteiger partial charge >= 0.3 is 0 Å². The first kappa shape index (κ1) is 31.8. The summed E-state index contributed by atoms with van der Waals surface area (Å²) in [6.45, 7) is 9.50. The molecule has 224 valence electrons. The molecule has 1 aliphatic rings. The number of likely N-dealkylation sites (tertiary alicyclic amines) is 1. The van der Waals surface area contributed by atoms with Gasteiger partial charge in [0.05, 0.1) is 28.2 Å². The number of thiazole rings is 1. The van der Waals surface area contributed by atoms with Gasteiger partial charge in [-0.25, -0.2) is 4.98 Å². The third-order valence-corrected chi connectivity index (χ3v) is 8.90. The zero-order chi connectivity index (χ0) is 30.6. The number of amides is 3. The Kier molecular flexibility index (Phi) is 10.2. The van der Waals surface area contributed by atoms with E-state index >= 15 is 0 Å². The number of aromatic nitrogens is 2. The number of hydrogen-bond acceptors (Lipinski definition) is 7. The summed E-state index contributed by atoms with van der Waals surface area (Å²) >= 11 is 4.94. The van der Waals surface area contributed by atoms with Crippen LogP contribution in [0.3, 0.4) is 0 Å². The predicted octanol–water partition coefficient (Wildman–Crippen LogP) is 4.58. The number of β-amino-alcohol motifs (C(OH)–C–C–N with tert-alkyl or cyclic N) is 1. The molecule has 0 spiro atoms. The number of nitrogens with zero attached hydrogens (tertiary/aromatic N) is 3. The molecule has 9 nitrogen and oxygen atoms in total. The third-order valence-electron chi connectivity index (χ3n) is 7.46. The Balaban J connectivity index is 1.41. The predicted molar refractivity (Wildman–Crippen MR) is 167 cm³/mol. The monoisotopic (exact) mass is 655 g/mol. The number of nitrogens with one attached hydrogen (secondary N) is 2. The Morgan fingerprint density at radius 3 is 2.43 bits per heavy atom. The molecule has 2 unspecified atom stereocenters. The lowest BCUT2D eigenvalue weighted by molar-refractivity contribution is -0.144. The summed E-state index contributed by atoms with van der Waals surface area (Å²) < 4.78 is 0.856. The first-order valence-electron chi connectivity index (χ1n) is 14.0. The van der Waals surface area contributed by atoms with Crippen LogP contribution < -0.4 is 10.6 Å². The number of aliphatic hydroxyl groups is 1. The van der Waals surface area contributed by atoms with E-state index in [1.165, 1.54) is 4.90 Å². The molecular formula is C31H38BrN5O4S. The van der Waals surface area contributed by atoms with Gasteiger partial charge < -0.3 is 20.6 Å². The average molecular weight is 657 g/mol. The van der Waals surface area contributed by atoms with Crippen LogP contribution in [-0.2, 0) is 20.8 Å². The van der Waals surface area contributed by atoms with Crippen molar-refractivity contribution in [2.45, 2.75) is 78.1 Å². The molecule has 0 saturated carbocycles. The first-order valence-corrected chi connectivity index (χ1v) is 15.7. The number of aliphatic hydroxyl groups excluding tert-OH is 1. The number of benzene rings is 1. The van der Waals surface area contributed by atoms with Crippen LogP contribution in [0.4, 0.5) is 0 Å². The van der Waals surface area contributed by atoms with E-state index in [1.807, 2.05) is 76.5 Å². The van der Waals surface area contributed by atoms with E-state index in [4.69, 9.17) is 0 Å². The lowest BCUT2D eigenvalue weighted by Gasteiger charge is -2.35. The van der Waals surface area contributed by atoms with Crippen LogP contribution in [0.5, 0.6) is 0 Å². The van der Waals surface area contributed by atoms with Crippen LogP contribution in [-0.4, -0.2) is 62.4 Å². The van der Waals surface area contributed by atoms with Crippen molar-refractivity contribution in [3.63, 3.8) is 0 Å². The van der Waals surface area contributed by atoms with Crippen LogP contribution in [0.2, 0.25) is 0 Å². The van der Waals surface area contributed by atoms with Gasteiger partial charge in [0.15, 0.2) is 0 Å². The van der Waals surface area contributed by atoms with Crippen molar-refractivity contribution in [3.05, 3.63) is 69.5 Å². The summed E-state index contributed by atoms with van der Waals surface area (Å²) in [7, 11) is 0. The smallest absolute Gasteiger partial charge is 0.246 e. The van der Waals surface area contributed by atoms with Gasteiger partial charge in [-0.15, -0.1) is 11.3 Å². The molecule has 0 aliphatic carbocycles. The van der Waals surface area contributed by atoms with Crippen molar-refractivity contribution in [2.75, 3.05) is 6.54 Å². The van der Waals surface area contributed by atoms with Crippen LogP contribution in [0, 0.1) is 12.3 Å². The molecule has 2 aromatic heterocycles. The Labute approximate surface area is 259 Å². The zero-order valence-electron chi connectivity index (χ0n) is 24.6. The number of carbonyl (C=O) groups is 3. The minimum Gasteiger partial charge on any atom is -0.391 e. The highest BCUT2D eigenvalue weighted by atomic mass is 79.9. The molecule has 1 fully saturated rings. The Bertz CT molecular complexity index is 1400. The van der Waals surface area contributed by atoms with Crippen molar-refractivity contribution in [1.29, 1.82) is 0 Å². The fourth-order valence-corrected chi connectivity index (χ4v) is 6.09. The number of rotatable bonds is 9. The van der Waals surface area contributed by atoms with Crippen molar-refractivity contribution < 1.29 is 19.5 Å². The average Bonchev–Trinajstić information content (AvgIpc) is 3.55. The zero-order valence-corrected chi connectivity index (χ0v) is 27.0. The highest BCUT2D eigenvalue weighted by molar-refractivity contribution is 9.10. The molecule has 1 aromatic carbocycles. The minimum absolute atomic E-state index is 0.0272. The molecule has 4 rings (SSSR count). The molecule has 0 radical (unpaired) electrons. The van der Waals surface area contributed by atoms with Crippen LogP contribution in [0.25, 0.3) is 10.4 Å². The van der Waals surface area contributed by atoms with Gasteiger partial charge in [0.1, 0.15) is 12.1 Å². The normalized spacial score (nSPS) is 18.4. The fourth-order valence-electron chi connectivity index (χ4n) is 5.04. The first-order chi connectivity index (χ1) is 19.8. The van der Waals surface area contributed by atoms with E-state index in [1.54, 1.807) is 17.5 Å². The highest BCUT2D eigenvalue weighted by Gasteiger charge is 2.44. The molecule has 3 heterocycles. The molecule has 3 N–H and O–H groups in total. The molecule has 11 heteroatoms. The van der Waals surface area contributed by atoms with Crippen molar-refractivity contribution in [2.24, 2.45) is 5.41 Å². The largest absolute Gasteiger partial charge is 0.391 e. The van der Waals surface area contributed by atoms with Crippen molar-refractivity contribution in [1.82, 2.24) is 25.5 Å². The quantitative estimate of drug-likeness (QED) is 0.310. The third kappa shape index (κ3) is 7.81. The summed E-state index contributed by atoms with van der Waals surface area (Å²) in [6.07, 6.45) is 1.58. The van der Waals surface area contributed by atoms with Gasteiger partial charge in [-0.3, -0.25) is 19.4 Å².